The maximum Gasteiger partial charge on any atom is 0.264 e. The summed E-state index contributed by atoms with van der Waals surface area (Å²) < 4.78 is 10.5. The minimum absolute atomic E-state index is 0.0622. The lowest BCUT2D eigenvalue weighted by Crippen LogP contribution is -2.54. The summed E-state index contributed by atoms with van der Waals surface area (Å²) in [4.78, 5) is 50.3. The third kappa shape index (κ3) is 5.43. The lowest BCUT2D eigenvalue weighted by Gasteiger charge is -2.27. The molecule has 2 aliphatic rings. The fourth-order valence-electron chi connectivity index (χ4n) is 3.16. The van der Waals surface area contributed by atoms with Gasteiger partial charge in [-0.3, -0.25) is 29.4 Å². The van der Waals surface area contributed by atoms with E-state index in [0.717, 1.165) is 4.90 Å². The zero-order valence-corrected chi connectivity index (χ0v) is 16.9. The van der Waals surface area contributed by atoms with E-state index in [0.29, 0.717) is 32.1 Å². The topological polar surface area (TPSA) is 114 Å². The quantitative estimate of drug-likeness (QED) is 0.220. The molecule has 2 heterocycles. The number of likely N-dealkylation sites (tertiary alicyclic amines) is 1. The Morgan fingerprint density at radius 3 is 2.67 bits per heavy atom. The van der Waals surface area contributed by atoms with Gasteiger partial charge in [-0.25, -0.2) is 0 Å². The molecule has 2 N–H and O–H groups in total. The molecule has 0 radical (unpaired) electrons. The fraction of sp³-hybridized carbons (Fsp3) is 0.429. The Bertz CT molecular complexity index is 836. The van der Waals surface area contributed by atoms with Gasteiger partial charge >= 0.3 is 0 Å². The highest BCUT2D eigenvalue weighted by Crippen LogP contribution is 2.31. The molecule has 1 atom stereocenters. The number of imide groups is 2. The van der Waals surface area contributed by atoms with Crippen LogP contribution < -0.4 is 10.6 Å². The van der Waals surface area contributed by atoms with E-state index in [-0.39, 0.29) is 30.6 Å². The number of ether oxygens (including phenoxy) is 2. The van der Waals surface area contributed by atoms with Crippen LogP contribution in [-0.2, 0) is 28.7 Å². The molecular formula is C21H25N3O6. The summed E-state index contributed by atoms with van der Waals surface area (Å²) >= 11 is 0. The molecule has 0 aromatic carbocycles. The first-order valence-corrected chi connectivity index (χ1v) is 9.50. The van der Waals surface area contributed by atoms with Crippen molar-refractivity contribution in [3.63, 3.8) is 0 Å². The maximum absolute atomic E-state index is 13.0. The molecule has 0 aromatic rings. The highest BCUT2D eigenvalue weighted by atomic mass is 16.5. The normalized spacial score (nSPS) is 22.2. The molecule has 0 aromatic heterocycles. The van der Waals surface area contributed by atoms with Gasteiger partial charge in [0, 0.05) is 18.7 Å². The summed E-state index contributed by atoms with van der Waals surface area (Å²) in [5.74, 6) is 0.104. The van der Waals surface area contributed by atoms with Crippen molar-refractivity contribution in [3.8, 4) is 12.3 Å². The number of nitrogens with zero attached hydrogens (tertiary/aromatic N) is 1. The van der Waals surface area contributed by atoms with Crippen molar-refractivity contribution in [2.24, 2.45) is 0 Å². The minimum Gasteiger partial charge on any atom is -0.386 e. The van der Waals surface area contributed by atoms with Crippen LogP contribution in [0.25, 0.3) is 0 Å². The average Bonchev–Trinajstić information content (AvgIpc) is 2.94. The van der Waals surface area contributed by atoms with E-state index in [4.69, 9.17) is 15.9 Å². The van der Waals surface area contributed by atoms with E-state index in [1.54, 1.807) is 6.92 Å². The highest BCUT2D eigenvalue weighted by molar-refractivity contribution is 6.26. The molecule has 9 heteroatoms. The van der Waals surface area contributed by atoms with Crippen LogP contribution in [-0.4, -0.2) is 67.5 Å². The third-order valence-corrected chi connectivity index (χ3v) is 4.53. The van der Waals surface area contributed by atoms with E-state index in [1.807, 2.05) is 0 Å². The molecule has 1 unspecified atom stereocenters. The standard InChI is InChI=1S/C21H25N3O6/c1-4-6-15-18(14(3)22-9-11-30-13-12-29-10-5-2)21(28)24(20(15)27)16-7-8-17(25)23-19(16)26/h2,4,6,16,22H,1,7-13H2,3H3,(H,23,25,26)/b15-6+,18-14-. The first-order chi connectivity index (χ1) is 14.4. The number of rotatable bonds is 10. The number of carbonyl (C=O) groups is 4. The van der Waals surface area contributed by atoms with E-state index >= 15 is 0 Å². The number of hydrogen-bond acceptors (Lipinski definition) is 7. The predicted molar refractivity (Wildman–Crippen MR) is 107 cm³/mol. The van der Waals surface area contributed by atoms with E-state index in [9.17, 15) is 19.2 Å². The minimum atomic E-state index is -1.02. The number of allylic oxidation sites excluding steroid dienone is 3. The van der Waals surface area contributed by atoms with Gasteiger partial charge in [-0.2, -0.15) is 0 Å². The fourth-order valence-corrected chi connectivity index (χ4v) is 3.16. The molecule has 2 saturated heterocycles. The summed E-state index contributed by atoms with van der Waals surface area (Å²) in [5.41, 5.74) is 0.790. The Hall–Kier alpha value is -3.22. The van der Waals surface area contributed by atoms with E-state index < -0.39 is 29.7 Å². The number of terminal acetylenes is 1. The molecule has 9 nitrogen and oxygen atoms in total. The number of carbonyl (C=O) groups excluding carboxylic acids is 4. The number of piperidine rings is 1. The third-order valence-electron chi connectivity index (χ3n) is 4.53. The van der Waals surface area contributed by atoms with Crippen molar-refractivity contribution in [2.75, 3.05) is 33.0 Å². The first-order valence-electron chi connectivity index (χ1n) is 9.50. The number of amides is 4. The van der Waals surface area contributed by atoms with Crippen LogP contribution in [0, 0.1) is 12.3 Å². The van der Waals surface area contributed by atoms with Crippen molar-refractivity contribution in [1.82, 2.24) is 15.5 Å². The Morgan fingerprint density at radius 2 is 2.00 bits per heavy atom. The van der Waals surface area contributed by atoms with Gasteiger partial charge < -0.3 is 14.8 Å². The highest BCUT2D eigenvalue weighted by Gasteiger charge is 2.47. The second kappa shape index (κ2) is 11.1. The Kier molecular flexibility index (Phi) is 8.53. The molecule has 2 aliphatic heterocycles. The largest absolute Gasteiger partial charge is 0.386 e. The van der Waals surface area contributed by atoms with E-state index in [1.165, 1.54) is 12.2 Å². The second-order valence-corrected chi connectivity index (χ2v) is 6.56. The molecule has 2 fully saturated rings. The van der Waals surface area contributed by atoms with Gasteiger partial charge in [-0.05, 0) is 19.4 Å². The molecule has 2 rings (SSSR count). The van der Waals surface area contributed by atoms with Gasteiger partial charge in [0.05, 0.1) is 31.0 Å². The van der Waals surface area contributed by atoms with Crippen LogP contribution in [0.4, 0.5) is 0 Å². The average molecular weight is 415 g/mol. The van der Waals surface area contributed by atoms with Gasteiger partial charge in [0.2, 0.25) is 11.8 Å². The van der Waals surface area contributed by atoms with Gasteiger partial charge in [0.1, 0.15) is 12.6 Å². The smallest absolute Gasteiger partial charge is 0.264 e. The van der Waals surface area contributed by atoms with Gasteiger partial charge in [0.25, 0.3) is 11.8 Å². The number of hydrogen-bond donors (Lipinski definition) is 2. The van der Waals surface area contributed by atoms with Gasteiger partial charge in [0.15, 0.2) is 0 Å². The van der Waals surface area contributed by atoms with Crippen LogP contribution in [0.3, 0.4) is 0 Å². The molecule has 4 amide bonds. The molecule has 0 saturated carbocycles. The van der Waals surface area contributed by atoms with Crippen LogP contribution in [0.15, 0.2) is 35.6 Å². The van der Waals surface area contributed by atoms with Gasteiger partial charge in [-0.1, -0.05) is 18.6 Å². The monoisotopic (exact) mass is 415 g/mol. The Balaban J connectivity index is 2.06. The lowest BCUT2D eigenvalue weighted by atomic mass is 10.0. The molecule has 0 spiro atoms. The first kappa shape index (κ1) is 23.1. The van der Waals surface area contributed by atoms with Crippen molar-refractivity contribution < 1.29 is 28.7 Å². The summed E-state index contributed by atoms with van der Waals surface area (Å²) in [6.45, 7) is 6.98. The maximum atomic E-state index is 13.0. The van der Waals surface area contributed by atoms with Crippen LogP contribution in [0.2, 0.25) is 0 Å². The summed E-state index contributed by atoms with van der Waals surface area (Å²) in [5, 5.41) is 5.23. The summed E-state index contributed by atoms with van der Waals surface area (Å²) in [6, 6.07) is -1.02. The van der Waals surface area contributed by atoms with Crippen molar-refractivity contribution in [2.45, 2.75) is 25.8 Å². The Labute approximate surface area is 175 Å². The molecule has 0 bridgehead atoms. The zero-order valence-electron chi connectivity index (χ0n) is 16.9. The van der Waals surface area contributed by atoms with Crippen molar-refractivity contribution in [1.29, 1.82) is 0 Å². The molecule has 30 heavy (non-hydrogen) atoms. The SMILES string of the molecule is C#CCOCCOCCN/C(C)=C1\C(=O)N(C2CCC(=O)NC2=O)C(=O)\C1=C\C=C. The van der Waals surface area contributed by atoms with E-state index in [2.05, 4.69) is 23.1 Å². The second-order valence-electron chi connectivity index (χ2n) is 6.56. The van der Waals surface area contributed by atoms with Crippen molar-refractivity contribution >= 4 is 23.6 Å². The zero-order chi connectivity index (χ0) is 22.1. The molecule has 0 aliphatic carbocycles. The van der Waals surface area contributed by atoms with Gasteiger partial charge in [-0.15, -0.1) is 6.42 Å². The van der Waals surface area contributed by atoms with Crippen LogP contribution in [0.1, 0.15) is 19.8 Å². The Morgan fingerprint density at radius 1 is 1.27 bits per heavy atom. The lowest BCUT2D eigenvalue weighted by molar-refractivity contribution is -0.149. The number of nitrogens with one attached hydrogen (secondary N) is 2. The molecule has 160 valence electrons. The predicted octanol–water partition coefficient (Wildman–Crippen LogP) is -0.197. The summed E-state index contributed by atoms with van der Waals surface area (Å²) in [7, 11) is 0. The molecular weight excluding hydrogens is 390 g/mol. The van der Waals surface area contributed by atoms with Crippen LogP contribution >= 0.6 is 0 Å². The van der Waals surface area contributed by atoms with Crippen LogP contribution in [0.5, 0.6) is 0 Å². The van der Waals surface area contributed by atoms with Crippen molar-refractivity contribution in [3.05, 3.63) is 35.6 Å². The summed E-state index contributed by atoms with van der Waals surface area (Å²) in [6.07, 6.45) is 8.07.